The Labute approximate surface area is 178 Å². The number of amides is 1. The van der Waals surface area contributed by atoms with Gasteiger partial charge in [0.05, 0.1) is 12.6 Å². The van der Waals surface area contributed by atoms with Crippen LogP contribution in [0, 0.1) is 0 Å². The zero-order chi connectivity index (χ0) is 18.4. The topological polar surface area (TPSA) is 86.5 Å². The lowest BCUT2D eigenvalue weighted by atomic mass is 9.82. The highest BCUT2D eigenvalue weighted by Gasteiger charge is 2.35. The van der Waals surface area contributed by atoms with Crippen molar-refractivity contribution >= 4 is 36.4 Å². The number of methoxy groups -OCH3 is 1. The van der Waals surface area contributed by atoms with Gasteiger partial charge in [-0.05, 0) is 42.7 Å². The number of nitrogens with zero attached hydrogens (tertiary/aromatic N) is 1. The molecule has 1 aromatic heterocycles. The van der Waals surface area contributed by atoms with Gasteiger partial charge in [-0.15, -0.1) is 24.8 Å². The van der Waals surface area contributed by atoms with E-state index in [2.05, 4.69) is 10.3 Å². The van der Waals surface area contributed by atoms with Gasteiger partial charge in [-0.3, -0.25) is 9.78 Å². The van der Waals surface area contributed by atoms with E-state index in [0.717, 1.165) is 37.7 Å². The van der Waals surface area contributed by atoms with Gasteiger partial charge < -0.3 is 20.5 Å². The second-order valence-electron chi connectivity index (χ2n) is 6.68. The number of hydrogen-bond acceptors (Lipinski definition) is 5. The summed E-state index contributed by atoms with van der Waals surface area (Å²) in [4.78, 5) is 16.6. The van der Waals surface area contributed by atoms with Crippen molar-refractivity contribution in [3.8, 4) is 11.5 Å². The number of nitrogens with one attached hydrogen (secondary N) is 1. The molecule has 0 unspecified atom stereocenters. The van der Waals surface area contributed by atoms with E-state index in [4.69, 9.17) is 15.2 Å². The number of nitrogens with two attached hydrogens (primary N) is 1. The lowest BCUT2D eigenvalue weighted by molar-refractivity contribution is -0.122. The van der Waals surface area contributed by atoms with Gasteiger partial charge in [-0.1, -0.05) is 19.3 Å². The van der Waals surface area contributed by atoms with Crippen LogP contribution in [-0.2, 0) is 11.4 Å². The monoisotopic (exact) mass is 427 g/mol. The van der Waals surface area contributed by atoms with Crippen LogP contribution in [0.15, 0.2) is 42.7 Å². The van der Waals surface area contributed by atoms with E-state index in [9.17, 15) is 4.79 Å². The number of hydrogen-bond donors (Lipinski definition) is 2. The van der Waals surface area contributed by atoms with Crippen molar-refractivity contribution in [3.05, 3.63) is 48.3 Å². The number of halogens is 2. The molecule has 0 aliphatic heterocycles. The summed E-state index contributed by atoms with van der Waals surface area (Å²) in [6.07, 6.45) is 8.01. The van der Waals surface area contributed by atoms with E-state index in [1.165, 1.54) is 0 Å². The van der Waals surface area contributed by atoms with Crippen LogP contribution in [0.5, 0.6) is 11.5 Å². The number of pyridine rings is 1. The van der Waals surface area contributed by atoms with Gasteiger partial charge in [-0.25, -0.2) is 0 Å². The van der Waals surface area contributed by atoms with E-state index >= 15 is 0 Å². The van der Waals surface area contributed by atoms with Gasteiger partial charge in [-0.2, -0.15) is 0 Å². The van der Waals surface area contributed by atoms with Crippen LogP contribution >= 0.6 is 24.8 Å². The Bertz CT molecular complexity index is 754. The van der Waals surface area contributed by atoms with Gasteiger partial charge in [0.2, 0.25) is 5.91 Å². The van der Waals surface area contributed by atoms with E-state index < -0.39 is 5.54 Å². The highest BCUT2D eigenvalue weighted by Crippen LogP contribution is 2.32. The Hall–Kier alpha value is -2.02. The van der Waals surface area contributed by atoms with Crippen LogP contribution in [0.2, 0.25) is 0 Å². The molecule has 0 radical (unpaired) electrons. The Kier molecular flexibility index (Phi) is 9.52. The fourth-order valence-electron chi connectivity index (χ4n) is 3.17. The molecule has 3 rings (SSSR count). The molecular formula is C20H27Cl2N3O3. The fraction of sp³-hybridized carbons (Fsp3) is 0.400. The summed E-state index contributed by atoms with van der Waals surface area (Å²) in [6.45, 7) is 0.386. The summed E-state index contributed by atoms with van der Waals surface area (Å²) < 4.78 is 11.2. The van der Waals surface area contributed by atoms with Crippen LogP contribution < -0.4 is 20.5 Å². The summed E-state index contributed by atoms with van der Waals surface area (Å²) in [5.74, 6) is 1.04. The predicted octanol–water partition coefficient (Wildman–Crippen LogP) is 4.11. The minimum absolute atomic E-state index is 0. The van der Waals surface area contributed by atoms with Gasteiger partial charge >= 0.3 is 0 Å². The summed E-state index contributed by atoms with van der Waals surface area (Å²) in [7, 11) is 1.59. The molecule has 154 valence electrons. The molecule has 1 saturated carbocycles. The first-order chi connectivity index (χ1) is 12.6. The Morgan fingerprint density at radius 2 is 1.79 bits per heavy atom. The first-order valence-corrected chi connectivity index (χ1v) is 8.91. The largest absolute Gasteiger partial charge is 0.493 e. The number of ether oxygens (including phenoxy) is 2. The summed E-state index contributed by atoms with van der Waals surface area (Å²) in [5, 5.41) is 2.93. The number of carbonyl (C=O) groups is 1. The number of anilines is 1. The molecule has 0 bridgehead atoms. The van der Waals surface area contributed by atoms with Crippen molar-refractivity contribution in [2.24, 2.45) is 5.73 Å². The van der Waals surface area contributed by atoms with Crippen molar-refractivity contribution in [2.45, 2.75) is 44.2 Å². The van der Waals surface area contributed by atoms with Crippen LogP contribution in [0.3, 0.4) is 0 Å². The quantitative estimate of drug-likeness (QED) is 0.723. The van der Waals surface area contributed by atoms with Crippen LogP contribution in [0.25, 0.3) is 0 Å². The Morgan fingerprint density at radius 3 is 2.43 bits per heavy atom. The minimum atomic E-state index is -0.782. The number of rotatable bonds is 6. The second kappa shape index (κ2) is 11.1. The highest BCUT2D eigenvalue weighted by molar-refractivity contribution is 5.98. The van der Waals surface area contributed by atoms with Crippen LogP contribution in [-0.4, -0.2) is 23.5 Å². The molecule has 1 aromatic carbocycles. The van der Waals surface area contributed by atoms with E-state index in [0.29, 0.717) is 23.8 Å². The zero-order valence-corrected chi connectivity index (χ0v) is 17.5. The summed E-state index contributed by atoms with van der Waals surface area (Å²) in [6, 6.07) is 9.12. The molecule has 1 aliphatic rings. The molecule has 1 heterocycles. The number of carbonyl (C=O) groups excluding carboxylic acids is 1. The first-order valence-electron chi connectivity index (χ1n) is 8.91. The third-order valence-electron chi connectivity index (χ3n) is 4.76. The van der Waals surface area contributed by atoms with Crippen molar-refractivity contribution in [3.63, 3.8) is 0 Å². The lowest BCUT2D eigenvalue weighted by Crippen LogP contribution is -2.52. The Balaban J connectivity index is 0.00000196. The lowest BCUT2D eigenvalue weighted by Gasteiger charge is -2.31. The third kappa shape index (κ3) is 5.99. The van der Waals surface area contributed by atoms with Crippen molar-refractivity contribution in [1.82, 2.24) is 4.98 Å². The molecule has 1 fully saturated rings. The van der Waals surface area contributed by atoms with E-state index in [1.54, 1.807) is 37.7 Å². The maximum atomic E-state index is 12.6. The standard InChI is InChI=1S/C20H25N3O3.2ClH/c1-25-17-6-5-16(23-19(24)20(21)9-3-2-4-10-20)13-18(17)26-14-15-7-11-22-12-8-15;;/h5-8,11-13H,2-4,9-10,14,21H2,1H3,(H,23,24);2*1H. The average molecular weight is 428 g/mol. The molecular weight excluding hydrogens is 401 g/mol. The molecule has 3 N–H and O–H groups in total. The predicted molar refractivity (Wildman–Crippen MR) is 115 cm³/mol. The molecule has 8 heteroatoms. The summed E-state index contributed by atoms with van der Waals surface area (Å²) >= 11 is 0. The molecule has 0 spiro atoms. The molecule has 6 nitrogen and oxygen atoms in total. The second-order valence-corrected chi connectivity index (χ2v) is 6.68. The minimum Gasteiger partial charge on any atom is -0.493 e. The molecule has 1 amide bonds. The third-order valence-corrected chi connectivity index (χ3v) is 4.76. The molecule has 2 aromatic rings. The van der Waals surface area contributed by atoms with Crippen molar-refractivity contribution in [1.29, 1.82) is 0 Å². The van der Waals surface area contributed by atoms with Crippen LogP contribution in [0.4, 0.5) is 5.69 Å². The van der Waals surface area contributed by atoms with Gasteiger partial charge in [0.25, 0.3) is 0 Å². The molecule has 1 aliphatic carbocycles. The van der Waals surface area contributed by atoms with E-state index in [1.807, 2.05) is 12.1 Å². The zero-order valence-electron chi connectivity index (χ0n) is 15.8. The van der Waals surface area contributed by atoms with E-state index in [-0.39, 0.29) is 30.7 Å². The normalized spacial score (nSPS) is 14.8. The van der Waals surface area contributed by atoms with Gasteiger partial charge in [0.15, 0.2) is 11.5 Å². The molecule has 28 heavy (non-hydrogen) atoms. The first kappa shape index (κ1) is 24.0. The van der Waals surface area contributed by atoms with Gasteiger partial charge in [0, 0.05) is 24.1 Å². The molecule has 0 atom stereocenters. The van der Waals surface area contributed by atoms with Crippen molar-refractivity contribution in [2.75, 3.05) is 12.4 Å². The van der Waals surface area contributed by atoms with Crippen molar-refractivity contribution < 1.29 is 14.3 Å². The number of aromatic nitrogens is 1. The average Bonchev–Trinajstić information content (AvgIpc) is 2.68. The highest BCUT2D eigenvalue weighted by atomic mass is 35.5. The molecule has 0 saturated heterocycles. The maximum Gasteiger partial charge on any atom is 0.244 e. The van der Waals surface area contributed by atoms with Gasteiger partial charge in [0.1, 0.15) is 6.61 Å². The fourth-order valence-corrected chi connectivity index (χ4v) is 3.17. The Morgan fingerprint density at radius 1 is 1.11 bits per heavy atom. The smallest absolute Gasteiger partial charge is 0.244 e. The summed E-state index contributed by atoms with van der Waals surface area (Å²) in [5.41, 5.74) is 7.17. The van der Waals surface area contributed by atoms with Crippen LogP contribution in [0.1, 0.15) is 37.7 Å². The maximum absolute atomic E-state index is 12.6. The SMILES string of the molecule is COc1ccc(NC(=O)C2(N)CCCCC2)cc1OCc1ccncc1.Cl.Cl. The number of benzene rings is 1.